The largest absolute Gasteiger partial charge is 0.367 e. The number of hydrogen-bond donors (Lipinski definition) is 1. The summed E-state index contributed by atoms with van der Waals surface area (Å²) in [7, 11) is 0. The molecule has 0 amide bonds. The van der Waals surface area contributed by atoms with Gasteiger partial charge in [-0.25, -0.2) is 9.37 Å². The van der Waals surface area contributed by atoms with Crippen LogP contribution in [0.25, 0.3) is 16.2 Å². The molecule has 2 heterocycles. The highest BCUT2D eigenvalue weighted by Gasteiger charge is 2.24. The minimum absolute atomic E-state index is 0.206. The lowest BCUT2D eigenvalue weighted by Gasteiger charge is -2.16. The van der Waals surface area contributed by atoms with Gasteiger partial charge in [-0.2, -0.15) is 0 Å². The molecule has 0 bridgehead atoms. The molecule has 23 heavy (non-hydrogen) atoms. The lowest BCUT2D eigenvalue weighted by Crippen LogP contribution is -2.16. The first-order valence-electron chi connectivity index (χ1n) is 8.13. The maximum Gasteiger partial charge on any atom is 0.196 e. The van der Waals surface area contributed by atoms with E-state index in [0.717, 1.165) is 27.7 Å². The van der Waals surface area contributed by atoms with Crippen LogP contribution in [0.2, 0.25) is 0 Å². The summed E-state index contributed by atoms with van der Waals surface area (Å²) in [5, 5.41) is 5.75. The number of fused-ring (bicyclic) bond motifs is 1. The fraction of sp³-hybridized carbons (Fsp3) is 0.389. The first-order valence-corrected chi connectivity index (χ1v) is 9.01. The topological polar surface area (TPSA) is 29.3 Å². The second-order valence-corrected chi connectivity index (χ2v) is 7.20. The third kappa shape index (κ3) is 2.43. The van der Waals surface area contributed by atoms with Crippen molar-refractivity contribution in [2.45, 2.75) is 45.6 Å². The fourth-order valence-electron chi connectivity index (χ4n) is 3.50. The lowest BCUT2D eigenvalue weighted by atomic mass is 10.0. The molecule has 0 spiro atoms. The molecule has 1 aliphatic carbocycles. The van der Waals surface area contributed by atoms with Gasteiger partial charge in [0.15, 0.2) is 4.96 Å². The van der Waals surface area contributed by atoms with Crippen molar-refractivity contribution in [2.24, 2.45) is 0 Å². The third-order valence-corrected chi connectivity index (χ3v) is 5.63. The minimum atomic E-state index is -0.206. The Bertz CT molecular complexity index is 838. The van der Waals surface area contributed by atoms with Crippen LogP contribution in [0.5, 0.6) is 0 Å². The smallest absolute Gasteiger partial charge is 0.196 e. The molecule has 1 saturated carbocycles. The van der Waals surface area contributed by atoms with Crippen LogP contribution < -0.4 is 5.32 Å². The van der Waals surface area contributed by atoms with Crippen molar-refractivity contribution < 1.29 is 4.39 Å². The van der Waals surface area contributed by atoms with Crippen LogP contribution in [-0.2, 0) is 0 Å². The Morgan fingerprint density at radius 2 is 2.04 bits per heavy atom. The number of aryl methyl sites for hydroxylation is 2. The van der Waals surface area contributed by atoms with Crippen molar-refractivity contribution in [3.63, 3.8) is 0 Å². The predicted molar refractivity (Wildman–Crippen MR) is 93.8 cm³/mol. The van der Waals surface area contributed by atoms with E-state index in [9.17, 15) is 4.39 Å². The Morgan fingerprint density at radius 3 is 2.78 bits per heavy atom. The van der Waals surface area contributed by atoms with Crippen molar-refractivity contribution in [1.29, 1.82) is 0 Å². The van der Waals surface area contributed by atoms with E-state index in [1.54, 1.807) is 17.4 Å². The molecule has 3 nitrogen and oxygen atoms in total. The van der Waals surface area contributed by atoms with Gasteiger partial charge in [0.05, 0.1) is 0 Å². The number of hydrogen-bond acceptors (Lipinski definition) is 3. The van der Waals surface area contributed by atoms with Gasteiger partial charge in [-0.1, -0.05) is 25.0 Å². The number of benzene rings is 1. The molecule has 1 aromatic carbocycles. The van der Waals surface area contributed by atoms with Crippen LogP contribution in [0, 0.1) is 19.7 Å². The summed E-state index contributed by atoms with van der Waals surface area (Å²) in [5.41, 5.74) is 3.41. The summed E-state index contributed by atoms with van der Waals surface area (Å²) in [5.74, 6) is 0.738. The molecule has 0 saturated heterocycles. The van der Waals surface area contributed by atoms with Crippen LogP contribution in [-0.4, -0.2) is 15.4 Å². The van der Waals surface area contributed by atoms with Gasteiger partial charge in [0, 0.05) is 22.7 Å². The van der Waals surface area contributed by atoms with E-state index in [4.69, 9.17) is 4.98 Å². The zero-order valence-corrected chi connectivity index (χ0v) is 14.2. The number of thiazole rings is 1. The lowest BCUT2D eigenvalue weighted by molar-refractivity contribution is 0.629. The number of anilines is 1. The predicted octanol–water partition coefficient (Wildman–Crippen LogP) is 5.17. The van der Waals surface area contributed by atoms with Gasteiger partial charge in [-0.15, -0.1) is 11.3 Å². The Hall–Kier alpha value is -1.88. The highest BCUT2D eigenvalue weighted by Crippen LogP contribution is 2.37. The Kier molecular flexibility index (Phi) is 3.60. The molecule has 0 atom stereocenters. The Morgan fingerprint density at radius 1 is 1.26 bits per heavy atom. The number of aromatic nitrogens is 2. The molecule has 2 aromatic heterocycles. The summed E-state index contributed by atoms with van der Waals surface area (Å²) in [4.78, 5) is 5.66. The standard InChI is InChI=1S/C18H20FN3S/c1-11-6-5-9-14(19)15(11)16-17(20-13-7-3-4-8-13)22-12(2)10-23-18(22)21-16/h5-6,9-10,13,20H,3-4,7-8H2,1-2H3. The van der Waals surface area contributed by atoms with Gasteiger partial charge >= 0.3 is 0 Å². The van der Waals surface area contributed by atoms with Gasteiger partial charge < -0.3 is 5.32 Å². The second kappa shape index (κ2) is 5.64. The highest BCUT2D eigenvalue weighted by atomic mass is 32.1. The number of nitrogens with one attached hydrogen (secondary N) is 1. The summed E-state index contributed by atoms with van der Waals surface area (Å²) < 4.78 is 16.6. The van der Waals surface area contributed by atoms with E-state index in [2.05, 4.69) is 22.0 Å². The average molecular weight is 329 g/mol. The van der Waals surface area contributed by atoms with Gasteiger partial charge in [-0.3, -0.25) is 4.40 Å². The minimum Gasteiger partial charge on any atom is -0.367 e. The molecular weight excluding hydrogens is 309 g/mol. The van der Waals surface area contributed by atoms with E-state index < -0.39 is 0 Å². The first-order chi connectivity index (χ1) is 11.1. The van der Waals surface area contributed by atoms with Crippen molar-refractivity contribution in [2.75, 3.05) is 5.32 Å². The van der Waals surface area contributed by atoms with Gasteiger partial charge in [0.2, 0.25) is 0 Å². The molecule has 4 rings (SSSR count). The summed E-state index contributed by atoms with van der Waals surface area (Å²) in [6.07, 6.45) is 4.87. The number of imidazole rings is 1. The van der Waals surface area contributed by atoms with Crippen molar-refractivity contribution in [3.8, 4) is 11.3 Å². The zero-order valence-electron chi connectivity index (χ0n) is 13.4. The molecule has 120 valence electrons. The molecule has 0 unspecified atom stereocenters. The molecule has 1 N–H and O–H groups in total. The molecule has 1 aliphatic rings. The molecule has 0 radical (unpaired) electrons. The van der Waals surface area contributed by atoms with Crippen LogP contribution in [0.4, 0.5) is 10.2 Å². The van der Waals surface area contributed by atoms with Gasteiger partial charge in [0.1, 0.15) is 17.3 Å². The average Bonchev–Trinajstić information content (AvgIpc) is 3.21. The van der Waals surface area contributed by atoms with Crippen molar-refractivity contribution in [3.05, 3.63) is 40.7 Å². The Labute approximate surface area is 139 Å². The fourth-order valence-corrected chi connectivity index (χ4v) is 4.37. The van der Waals surface area contributed by atoms with E-state index in [1.165, 1.54) is 31.7 Å². The third-order valence-electron chi connectivity index (χ3n) is 4.69. The maximum atomic E-state index is 14.5. The van der Waals surface area contributed by atoms with E-state index in [1.807, 2.05) is 13.0 Å². The molecule has 5 heteroatoms. The van der Waals surface area contributed by atoms with E-state index in [-0.39, 0.29) is 5.82 Å². The van der Waals surface area contributed by atoms with E-state index >= 15 is 0 Å². The van der Waals surface area contributed by atoms with Gasteiger partial charge in [-0.05, 0) is 38.3 Å². The SMILES string of the molecule is Cc1cccc(F)c1-c1nc2scc(C)n2c1NC1CCCC1. The zero-order chi connectivity index (χ0) is 16.0. The Balaban J connectivity index is 1.91. The monoisotopic (exact) mass is 329 g/mol. The first kappa shape index (κ1) is 14.7. The van der Waals surface area contributed by atoms with E-state index in [0.29, 0.717) is 11.6 Å². The maximum absolute atomic E-state index is 14.5. The van der Waals surface area contributed by atoms with Crippen LogP contribution >= 0.6 is 11.3 Å². The van der Waals surface area contributed by atoms with Crippen LogP contribution in [0.3, 0.4) is 0 Å². The molecule has 0 aliphatic heterocycles. The van der Waals surface area contributed by atoms with Crippen LogP contribution in [0.15, 0.2) is 23.6 Å². The van der Waals surface area contributed by atoms with Gasteiger partial charge in [0.25, 0.3) is 0 Å². The van der Waals surface area contributed by atoms with Crippen LogP contribution in [0.1, 0.15) is 36.9 Å². The molecule has 1 fully saturated rings. The normalized spacial score (nSPS) is 15.6. The summed E-state index contributed by atoms with van der Waals surface area (Å²) in [6.45, 7) is 4.01. The second-order valence-electron chi connectivity index (χ2n) is 6.36. The quantitative estimate of drug-likeness (QED) is 0.718. The summed E-state index contributed by atoms with van der Waals surface area (Å²) >= 11 is 1.60. The number of nitrogens with zero attached hydrogens (tertiary/aromatic N) is 2. The summed E-state index contributed by atoms with van der Waals surface area (Å²) in [6, 6.07) is 5.67. The molecular formula is C18H20FN3S. The van der Waals surface area contributed by atoms with Crippen molar-refractivity contribution >= 4 is 22.1 Å². The number of rotatable bonds is 3. The number of halogens is 1. The van der Waals surface area contributed by atoms with Crippen molar-refractivity contribution in [1.82, 2.24) is 9.38 Å². The highest BCUT2D eigenvalue weighted by molar-refractivity contribution is 7.15. The molecule has 3 aromatic rings.